The second kappa shape index (κ2) is 8.31. The van der Waals surface area contributed by atoms with E-state index in [9.17, 15) is 18.0 Å². The Morgan fingerprint density at radius 3 is 2.25 bits per heavy atom. The van der Waals surface area contributed by atoms with Gasteiger partial charge in [0.25, 0.3) is 0 Å². The summed E-state index contributed by atoms with van der Waals surface area (Å²) in [7, 11) is 0. The van der Waals surface area contributed by atoms with Crippen molar-refractivity contribution >= 4 is 5.91 Å². The summed E-state index contributed by atoms with van der Waals surface area (Å²) in [6.07, 6.45) is -4.29. The van der Waals surface area contributed by atoms with Crippen molar-refractivity contribution in [1.82, 2.24) is 5.32 Å². The van der Waals surface area contributed by atoms with Gasteiger partial charge >= 0.3 is 6.18 Å². The zero-order chi connectivity index (χ0) is 12.4. The molecule has 0 aromatic rings. The van der Waals surface area contributed by atoms with Gasteiger partial charge in [-0.15, -0.1) is 0 Å². The molecular formula is C8H15F3N2O3. The topological polar surface area (TPSA) is 73.6 Å². The lowest BCUT2D eigenvalue weighted by Crippen LogP contribution is -2.27. The van der Waals surface area contributed by atoms with Gasteiger partial charge in [0.15, 0.2) is 0 Å². The van der Waals surface area contributed by atoms with Crippen LogP contribution in [0.5, 0.6) is 0 Å². The third-order valence-electron chi connectivity index (χ3n) is 1.36. The minimum absolute atomic E-state index is 0.0324. The Bertz CT molecular complexity index is 199. The number of hydrogen-bond acceptors (Lipinski definition) is 4. The molecule has 5 nitrogen and oxygen atoms in total. The summed E-state index contributed by atoms with van der Waals surface area (Å²) in [4.78, 5) is 10.2. The van der Waals surface area contributed by atoms with E-state index >= 15 is 0 Å². The summed E-state index contributed by atoms with van der Waals surface area (Å²) in [5, 5.41) is 2.78. The van der Waals surface area contributed by atoms with Crippen molar-refractivity contribution in [3.8, 4) is 0 Å². The fraction of sp³-hybridized carbons (Fsp3) is 0.875. The van der Waals surface area contributed by atoms with Crippen LogP contribution in [0.2, 0.25) is 0 Å². The number of nitrogens with two attached hydrogens (primary N) is 1. The van der Waals surface area contributed by atoms with Crippen molar-refractivity contribution in [2.45, 2.75) is 6.18 Å². The Balaban J connectivity index is 3.07. The normalized spacial score (nSPS) is 11.7. The standard InChI is InChI=1S/C8H15F3N2O3/c9-8(10,11)6-16-4-2-13-1-3-15-5-7(12)14/h13H,1-6H2,(H2,12,14). The minimum Gasteiger partial charge on any atom is -0.371 e. The van der Waals surface area contributed by atoms with Crippen LogP contribution in [0.15, 0.2) is 0 Å². The zero-order valence-electron chi connectivity index (χ0n) is 8.68. The molecule has 8 heteroatoms. The number of hydrogen-bond donors (Lipinski definition) is 2. The van der Waals surface area contributed by atoms with Gasteiger partial charge < -0.3 is 20.5 Å². The molecule has 0 rings (SSSR count). The molecule has 0 aromatic heterocycles. The summed E-state index contributed by atoms with van der Waals surface area (Å²) in [6.45, 7) is -0.463. The van der Waals surface area contributed by atoms with Crippen LogP contribution in [0.4, 0.5) is 13.2 Å². The molecule has 0 saturated carbocycles. The summed E-state index contributed by atoms with van der Waals surface area (Å²) in [5.41, 5.74) is 4.80. The largest absolute Gasteiger partial charge is 0.411 e. The van der Waals surface area contributed by atoms with Gasteiger partial charge in [0.2, 0.25) is 5.91 Å². The van der Waals surface area contributed by atoms with Gasteiger partial charge in [-0.2, -0.15) is 13.2 Å². The molecule has 96 valence electrons. The number of ether oxygens (including phenoxy) is 2. The predicted molar refractivity (Wildman–Crippen MR) is 49.8 cm³/mol. The molecule has 0 aliphatic heterocycles. The molecule has 3 N–H and O–H groups in total. The maximum atomic E-state index is 11.6. The van der Waals surface area contributed by atoms with Crippen LogP contribution < -0.4 is 11.1 Å². The van der Waals surface area contributed by atoms with Crippen LogP contribution in [0.1, 0.15) is 0 Å². The summed E-state index contributed by atoms with van der Waals surface area (Å²) in [6, 6.07) is 0. The van der Waals surface area contributed by atoms with Gasteiger partial charge in [-0.05, 0) is 0 Å². The van der Waals surface area contributed by atoms with Gasteiger partial charge in [-0.1, -0.05) is 0 Å². The van der Waals surface area contributed by atoms with Crippen LogP contribution >= 0.6 is 0 Å². The van der Waals surface area contributed by atoms with Crippen molar-refractivity contribution in [3.05, 3.63) is 0 Å². The van der Waals surface area contributed by atoms with Crippen LogP contribution in [0.25, 0.3) is 0 Å². The Labute approximate surface area is 91.1 Å². The number of carbonyl (C=O) groups is 1. The smallest absolute Gasteiger partial charge is 0.371 e. The first-order valence-electron chi connectivity index (χ1n) is 4.63. The highest BCUT2D eigenvalue weighted by molar-refractivity contribution is 5.74. The van der Waals surface area contributed by atoms with E-state index in [2.05, 4.69) is 10.1 Å². The Morgan fingerprint density at radius 1 is 1.19 bits per heavy atom. The second-order valence-corrected chi connectivity index (χ2v) is 2.94. The Kier molecular flexibility index (Phi) is 7.86. The number of amides is 1. The summed E-state index contributed by atoms with van der Waals surface area (Å²) < 4.78 is 43.9. The lowest BCUT2D eigenvalue weighted by atomic mass is 10.6. The number of carbonyl (C=O) groups excluding carboxylic acids is 1. The van der Waals surface area contributed by atoms with E-state index in [0.717, 1.165) is 0 Å². The van der Waals surface area contributed by atoms with Crippen LogP contribution in [-0.4, -0.2) is 51.6 Å². The van der Waals surface area contributed by atoms with Crippen molar-refractivity contribution in [2.75, 3.05) is 39.5 Å². The molecule has 0 unspecified atom stereocenters. The molecule has 0 radical (unpaired) electrons. The molecule has 0 aliphatic carbocycles. The Hall–Kier alpha value is -0.860. The van der Waals surface area contributed by atoms with E-state index in [1.165, 1.54) is 0 Å². The van der Waals surface area contributed by atoms with Crippen molar-refractivity contribution in [3.63, 3.8) is 0 Å². The van der Waals surface area contributed by atoms with Gasteiger partial charge in [0, 0.05) is 13.1 Å². The van der Waals surface area contributed by atoms with Gasteiger partial charge in [-0.25, -0.2) is 0 Å². The molecule has 0 atom stereocenters. The molecule has 0 aromatic carbocycles. The van der Waals surface area contributed by atoms with Gasteiger partial charge in [0.05, 0.1) is 13.2 Å². The van der Waals surface area contributed by atoms with Crippen molar-refractivity contribution < 1.29 is 27.4 Å². The fourth-order valence-corrected chi connectivity index (χ4v) is 0.774. The molecule has 0 fully saturated rings. The third-order valence-corrected chi connectivity index (χ3v) is 1.36. The molecule has 0 saturated heterocycles. The van der Waals surface area contributed by atoms with E-state index in [1.54, 1.807) is 0 Å². The third kappa shape index (κ3) is 13.1. The molecule has 1 amide bonds. The number of halogens is 3. The molecule has 16 heavy (non-hydrogen) atoms. The minimum atomic E-state index is -4.29. The lowest BCUT2D eigenvalue weighted by Gasteiger charge is -2.08. The number of nitrogens with one attached hydrogen (secondary N) is 1. The number of rotatable bonds is 9. The first-order valence-corrected chi connectivity index (χ1v) is 4.63. The van der Waals surface area contributed by atoms with Gasteiger partial charge in [0.1, 0.15) is 13.2 Å². The molecule has 0 aliphatic rings. The average Bonchev–Trinajstić information content (AvgIpc) is 2.13. The van der Waals surface area contributed by atoms with E-state index in [1.807, 2.05) is 0 Å². The van der Waals surface area contributed by atoms with Crippen molar-refractivity contribution in [1.29, 1.82) is 0 Å². The van der Waals surface area contributed by atoms with Crippen LogP contribution in [0.3, 0.4) is 0 Å². The molecule has 0 bridgehead atoms. The highest BCUT2D eigenvalue weighted by Gasteiger charge is 2.27. The van der Waals surface area contributed by atoms with Crippen LogP contribution in [-0.2, 0) is 14.3 Å². The van der Waals surface area contributed by atoms with E-state index in [4.69, 9.17) is 10.5 Å². The van der Waals surface area contributed by atoms with Gasteiger partial charge in [-0.3, -0.25) is 4.79 Å². The monoisotopic (exact) mass is 244 g/mol. The van der Waals surface area contributed by atoms with E-state index < -0.39 is 18.7 Å². The quantitative estimate of drug-likeness (QED) is 0.544. The highest BCUT2D eigenvalue weighted by atomic mass is 19.4. The Morgan fingerprint density at radius 2 is 1.75 bits per heavy atom. The molecule has 0 spiro atoms. The number of primary amides is 1. The number of alkyl halides is 3. The van der Waals surface area contributed by atoms with E-state index in [0.29, 0.717) is 6.54 Å². The zero-order valence-corrected chi connectivity index (χ0v) is 8.68. The van der Waals surface area contributed by atoms with Crippen molar-refractivity contribution in [2.24, 2.45) is 5.73 Å². The maximum Gasteiger partial charge on any atom is 0.411 e. The maximum absolute atomic E-state index is 11.6. The molecule has 0 heterocycles. The highest BCUT2D eigenvalue weighted by Crippen LogP contribution is 2.13. The lowest BCUT2D eigenvalue weighted by molar-refractivity contribution is -0.173. The predicted octanol–water partition coefficient (Wildman–Crippen LogP) is -0.343. The average molecular weight is 244 g/mol. The van der Waals surface area contributed by atoms with E-state index in [-0.39, 0.29) is 26.4 Å². The second-order valence-electron chi connectivity index (χ2n) is 2.94. The van der Waals surface area contributed by atoms with Crippen LogP contribution in [0, 0.1) is 0 Å². The summed E-state index contributed by atoms with van der Waals surface area (Å²) in [5.74, 6) is -0.562. The fourth-order valence-electron chi connectivity index (χ4n) is 0.774. The molecular weight excluding hydrogens is 229 g/mol. The first-order chi connectivity index (χ1) is 7.42. The first kappa shape index (κ1) is 15.1. The summed E-state index contributed by atoms with van der Waals surface area (Å²) >= 11 is 0. The SMILES string of the molecule is NC(=O)COCCNCCOCC(F)(F)F.